The van der Waals surface area contributed by atoms with Crippen LogP contribution in [0.3, 0.4) is 0 Å². The lowest BCUT2D eigenvalue weighted by Gasteiger charge is -2.23. The monoisotopic (exact) mass is 282 g/mol. The number of nitrogens with two attached hydrogens (primary N) is 1. The standard InChI is InChI=1S/C13H22N4OS/c1-4-9(2)16(3)12(18)10-11(14)15-13(19-10)17-7-5-6-8-17/h9H,4-8,14H2,1-3H3. The fraction of sp³-hybridized carbons (Fsp3) is 0.692. The highest BCUT2D eigenvalue weighted by atomic mass is 32.1. The lowest BCUT2D eigenvalue weighted by molar-refractivity contribution is 0.0746. The lowest BCUT2D eigenvalue weighted by atomic mass is 10.2. The molecule has 0 saturated carbocycles. The van der Waals surface area contributed by atoms with Crippen LogP contribution in [0.5, 0.6) is 0 Å². The second kappa shape index (κ2) is 5.77. The van der Waals surface area contributed by atoms with E-state index in [1.165, 1.54) is 24.2 Å². The molecule has 1 aliphatic heterocycles. The van der Waals surface area contributed by atoms with Gasteiger partial charge in [0.1, 0.15) is 10.7 Å². The van der Waals surface area contributed by atoms with Crippen LogP contribution in [0.2, 0.25) is 0 Å². The minimum atomic E-state index is -0.0187. The van der Waals surface area contributed by atoms with E-state index in [0.717, 1.165) is 24.6 Å². The van der Waals surface area contributed by atoms with Crippen LogP contribution in [0.4, 0.5) is 10.9 Å². The van der Waals surface area contributed by atoms with Gasteiger partial charge in [-0.25, -0.2) is 4.98 Å². The Morgan fingerprint density at radius 1 is 1.53 bits per heavy atom. The Kier molecular flexibility index (Phi) is 4.29. The molecular formula is C13H22N4OS. The molecule has 1 amide bonds. The lowest BCUT2D eigenvalue weighted by Crippen LogP contribution is -2.34. The Balaban J connectivity index is 2.18. The Bertz CT molecular complexity index is 453. The Labute approximate surface area is 118 Å². The first-order valence-corrected chi connectivity index (χ1v) is 7.64. The van der Waals surface area contributed by atoms with Crippen molar-refractivity contribution in [2.45, 2.75) is 39.2 Å². The highest BCUT2D eigenvalue weighted by molar-refractivity contribution is 7.18. The van der Waals surface area contributed by atoms with Crippen LogP contribution < -0.4 is 10.6 Å². The van der Waals surface area contributed by atoms with Gasteiger partial charge in [-0.2, -0.15) is 0 Å². The van der Waals surface area contributed by atoms with Gasteiger partial charge in [-0.1, -0.05) is 18.3 Å². The molecule has 2 rings (SSSR count). The summed E-state index contributed by atoms with van der Waals surface area (Å²) in [7, 11) is 1.82. The van der Waals surface area contributed by atoms with Crippen molar-refractivity contribution < 1.29 is 4.79 Å². The normalized spacial score (nSPS) is 16.7. The summed E-state index contributed by atoms with van der Waals surface area (Å²) >= 11 is 1.42. The summed E-state index contributed by atoms with van der Waals surface area (Å²) in [6.07, 6.45) is 3.31. The average Bonchev–Trinajstić information content (AvgIpc) is 3.04. The van der Waals surface area contributed by atoms with Crippen molar-refractivity contribution in [3.63, 3.8) is 0 Å². The number of nitrogen functional groups attached to an aromatic ring is 1. The van der Waals surface area contributed by atoms with Gasteiger partial charge in [0.15, 0.2) is 5.13 Å². The number of nitrogens with zero attached hydrogens (tertiary/aromatic N) is 3. The largest absolute Gasteiger partial charge is 0.382 e. The predicted molar refractivity (Wildman–Crippen MR) is 79.8 cm³/mol. The third-order valence-corrected chi connectivity index (χ3v) is 4.91. The van der Waals surface area contributed by atoms with E-state index < -0.39 is 0 Å². The molecule has 2 heterocycles. The Morgan fingerprint density at radius 3 is 2.74 bits per heavy atom. The summed E-state index contributed by atoms with van der Waals surface area (Å²) in [6, 6.07) is 0.212. The van der Waals surface area contributed by atoms with Crippen LogP contribution in [-0.2, 0) is 0 Å². The molecular weight excluding hydrogens is 260 g/mol. The zero-order chi connectivity index (χ0) is 14.0. The van der Waals surface area contributed by atoms with Crippen molar-refractivity contribution in [3.05, 3.63) is 4.88 Å². The number of aromatic nitrogens is 1. The van der Waals surface area contributed by atoms with Crippen molar-refractivity contribution in [2.24, 2.45) is 0 Å². The zero-order valence-corrected chi connectivity index (χ0v) is 12.7. The van der Waals surface area contributed by atoms with Crippen LogP contribution in [0.25, 0.3) is 0 Å². The first-order valence-electron chi connectivity index (χ1n) is 6.83. The van der Waals surface area contributed by atoms with Gasteiger partial charge in [0.25, 0.3) is 5.91 Å². The average molecular weight is 282 g/mol. The maximum Gasteiger partial charge on any atom is 0.267 e. The molecule has 2 N–H and O–H groups in total. The number of hydrogen-bond acceptors (Lipinski definition) is 5. The van der Waals surface area contributed by atoms with E-state index >= 15 is 0 Å². The maximum absolute atomic E-state index is 12.4. The Morgan fingerprint density at radius 2 is 2.16 bits per heavy atom. The van der Waals surface area contributed by atoms with E-state index in [1.807, 2.05) is 14.0 Å². The van der Waals surface area contributed by atoms with Crippen LogP contribution in [-0.4, -0.2) is 42.0 Å². The third kappa shape index (κ3) is 2.83. The number of thiazole rings is 1. The fourth-order valence-electron chi connectivity index (χ4n) is 2.15. The first-order chi connectivity index (χ1) is 9.04. The van der Waals surface area contributed by atoms with Crippen molar-refractivity contribution >= 4 is 28.2 Å². The second-order valence-electron chi connectivity index (χ2n) is 5.08. The molecule has 5 nitrogen and oxygen atoms in total. The SMILES string of the molecule is CCC(C)N(C)C(=O)c1sc(N2CCCC2)nc1N. The molecule has 1 aromatic rings. The zero-order valence-electron chi connectivity index (χ0n) is 11.8. The summed E-state index contributed by atoms with van der Waals surface area (Å²) in [5, 5.41) is 0.885. The minimum absolute atomic E-state index is 0.0187. The van der Waals surface area contributed by atoms with Gasteiger partial charge in [0.2, 0.25) is 0 Å². The van der Waals surface area contributed by atoms with Crippen molar-refractivity contribution in [1.29, 1.82) is 0 Å². The van der Waals surface area contributed by atoms with Gasteiger partial charge in [0.05, 0.1) is 0 Å². The number of hydrogen-bond donors (Lipinski definition) is 1. The molecule has 0 spiro atoms. The van der Waals surface area contributed by atoms with E-state index in [2.05, 4.69) is 16.8 Å². The van der Waals surface area contributed by atoms with E-state index in [0.29, 0.717) is 10.7 Å². The topological polar surface area (TPSA) is 62.5 Å². The molecule has 0 radical (unpaired) electrons. The van der Waals surface area contributed by atoms with Gasteiger partial charge in [-0.05, 0) is 26.2 Å². The maximum atomic E-state index is 12.4. The smallest absolute Gasteiger partial charge is 0.267 e. The van der Waals surface area contributed by atoms with E-state index in [1.54, 1.807) is 4.90 Å². The summed E-state index contributed by atoms with van der Waals surface area (Å²) in [5.41, 5.74) is 5.91. The predicted octanol–water partition coefficient (Wildman–Crippen LogP) is 2.20. The molecule has 0 aliphatic carbocycles. The number of carbonyl (C=O) groups is 1. The molecule has 6 heteroatoms. The molecule has 19 heavy (non-hydrogen) atoms. The molecule has 1 fully saturated rings. The Hall–Kier alpha value is -1.30. The quantitative estimate of drug-likeness (QED) is 0.919. The number of carbonyl (C=O) groups excluding carboxylic acids is 1. The van der Waals surface area contributed by atoms with Crippen LogP contribution in [0.1, 0.15) is 42.8 Å². The van der Waals surface area contributed by atoms with Crippen molar-refractivity contribution in [3.8, 4) is 0 Å². The molecule has 1 unspecified atom stereocenters. The van der Waals surface area contributed by atoms with Gasteiger partial charge in [-0.3, -0.25) is 4.79 Å². The summed E-state index contributed by atoms with van der Waals surface area (Å²) in [6.45, 7) is 6.14. The molecule has 106 valence electrons. The summed E-state index contributed by atoms with van der Waals surface area (Å²) in [5.74, 6) is 0.349. The van der Waals surface area contributed by atoms with Gasteiger partial charge in [0, 0.05) is 26.2 Å². The summed E-state index contributed by atoms with van der Waals surface area (Å²) in [4.78, 5) is 21.3. The van der Waals surface area contributed by atoms with Gasteiger partial charge >= 0.3 is 0 Å². The first kappa shape index (κ1) is 14.1. The van der Waals surface area contributed by atoms with Crippen molar-refractivity contribution in [1.82, 2.24) is 9.88 Å². The number of anilines is 2. The van der Waals surface area contributed by atoms with Gasteiger partial charge in [-0.15, -0.1) is 0 Å². The molecule has 0 aromatic carbocycles. The minimum Gasteiger partial charge on any atom is -0.382 e. The molecule has 1 atom stereocenters. The second-order valence-corrected chi connectivity index (χ2v) is 6.06. The molecule has 1 aliphatic rings. The number of rotatable bonds is 4. The van der Waals surface area contributed by atoms with Crippen LogP contribution in [0, 0.1) is 0 Å². The molecule has 1 saturated heterocycles. The van der Waals surface area contributed by atoms with Crippen LogP contribution in [0.15, 0.2) is 0 Å². The third-order valence-electron chi connectivity index (χ3n) is 3.79. The molecule has 1 aromatic heterocycles. The van der Waals surface area contributed by atoms with E-state index in [4.69, 9.17) is 5.73 Å². The van der Waals surface area contributed by atoms with Gasteiger partial charge < -0.3 is 15.5 Å². The summed E-state index contributed by atoms with van der Waals surface area (Å²) < 4.78 is 0. The highest BCUT2D eigenvalue weighted by Crippen LogP contribution is 2.31. The van der Waals surface area contributed by atoms with Crippen LogP contribution >= 0.6 is 11.3 Å². The number of amides is 1. The van der Waals surface area contributed by atoms with E-state index in [-0.39, 0.29) is 11.9 Å². The van der Waals surface area contributed by atoms with Crippen molar-refractivity contribution in [2.75, 3.05) is 30.8 Å². The molecule has 0 bridgehead atoms. The fourth-order valence-corrected chi connectivity index (χ4v) is 3.17. The highest BCUT2D eigenvalue weighted by Gasteiger charge is 2.25. The van der Waals surface area contributed by atoms with E-state index in [9.17, 15) is 4.79 Å².